The Morgan fingerprint density at radius 1 is 1.18 bits per heavy atom. The summed E-state index contributed by atoms with van der Waals surface area (Å²) in [6.07, 6.45) is 0. The third-order valence-electron chi connectivity index (χ3n) is 2.95. The van der Waals surface area contributed by atoms with Crippen LogP contribution in [0.3, 0.4) is 0 Å². The quantitative estimate of drug-likeness (QED) is 0.928. The van der Waals surface area contributed by atoms with Crippen molar-refractivity contribution in [1.82, 2.24) is 9.97 Å². The van der Waals surface area contributed by atoms with E-state index in [-0.39, 0.29) is 25.3 Å². The van der Waals surface area contributed by atoms with Crippen molar-refractivity contribution in [3.05, 3.63) is 35.7 Å². The number of aromatic nitrogens is 2. The molecule has 0 aliphatic carbocycles. The van der Waals surface area contributed by atoms with Crippen LogP contribution >= 0.6 is 0 Å². The van der Waals surface area contributed by atoms with Crippen molar-refractivity contribution in [2.24, 2.45) is 0 Å². The molecule has 0 unspecified atom stereocenters. The van der Waals surface area contributed by atoms with Crippen molar-refractivity contribution in [2.75, 3.05) is 18.7 Å². The molecular weight excluding hydrogens is 286 g/mol. The maximum absolute atomic E-state index is 11.9. The molecule has 0 saturated carbocycles. The van der Waals surface area contributed by atoms with Crippen LogP contribution in [0.1, 0.15) is 11.4 Å². The summed E-state index contributed by atoms with van der Waals surface area (Å²) in [6.45, 7) is 3.74. The van der Waals surface area contributed by atoms with Crippen molar-refractivity contribution < 1.29 is 19.0 Å². The van der Waals surface area contributed by atoms with Crippen LogP contribution in [-0.2, 0) is 4.79 Å². The topological polar surface area (TPSA) is 82.6 Å². The lowest BCUT2D eigenvalue weighted by molar-refractivity contribution is -0.118. The Kier molecular flexibility index (Phi) is 3.78. The van der Waals surface area contributed by atoms with Crippen molar-refractivity contribution in [1.29, 1.82) is 0 Å². The Hall–Kier alpha value is -2.83. The Morgan fingerprint density at radius 3 is 2.68 bits per heavy atom. The Morgan fingerprint density at radius 2 is 1.91 bits per heavy atom. The Labute approximate surface area is 127 Å². The lowest BCUT2D eigenvalue weighted by atomic mass is 10.3. The fourth-order valence-electron chi connectivity index (χ4n) is 2.06. The number of carbonyl (C=O) groups excluding carboxylic acids is 1. The number of ether oxygens (including phenoxy) is 3. The molecule has 1 aromatic carbocycles. The molecule has 3 rings (SSSR count). The highest BCUT2D eigenvalue weighted by Crippen LogP contribution is 2.34. The van der Waals surface area contributed by atoms with Crippen LogP contribution in [0.2, 0.25) is 0 Å². The van der Waals surface area contributed by atoms with Crippen LogP contribution in [0.15, 0.2) is 24.3 Å². The molecule has 0 fully saturated rings. The Balaban J connectivity index is 1.58. The van der Waals surface area contributed by atoms with Crippen molar-refractivity contribution >= 4 is 11.9 Å². The zero-order valence-electron chi connectivity index (χ0n) is 12.3. The average molecular weight is 301 g/mol. The summed E-state index contributed by atoms with van der Waals surface area (Å²) >= 11 is 0. The van der Waals surface area contributed by atoms with Crippen molar-refractivity contribution in [3.63, 3.8) is 0 Å². The number of nitrogens with zero attached hydrogens (tertiary/aromatic N) is 2. The summed E-state index contributed by atoms with van der Waals surface area (Å²) in [5, 5.41) is 2.60. The summed E-state index contributed by atoms with van der Waals surface area (Å²) in [6, 6.07) is 6.97. The maximum atomic E-state index is 11.9. The van der Waals surface area contributed by atoms with Gasteiger partial charge in [0.15, 0.2) is 18.1 Å². The van der Waals surface area contributed by atoms with Crippen molar-refractivity contribution in [3.8, 4) is 17.2 Å². The predicted molar refractivity (Wildman–Crippen MR) is 78.2 cm³/mol. The number of nitrogens with one attached hydrogen (secondary N) is 1. The molecule has 7 nitrogen and oxygen atoms in total. The molecule has 22 heavy (non-hydrogen) atoms. The number of benzene rings is 1. The standard InChI is InChI=1S/C15H15N3O4/c1-9-5-10(2)17-15(16-9)18-14(19)7-20-11-3-4-12-13(6-11)22-8-21-12/h3-6H,7-8H2,1-2H3,(H,16,17,18,19). The number of hydrogen-bond acceptors (Lipinski definition) is 6. The third kappa shape index (κ3) is 3.25. The van der Waals surface area contributed by atoms with E-state index in [2.05, 4.69) is 15.3 Å². The molecule has 2 aromatic rings. The van der Waals surface area contributed by atoms with Crippen LogP contribution in [0, 0.1) is 13.8 Å². The largest absolute Gasteiger partial charge is 0.484 e. The highest BCUT2D eigenvalue weighted by atomic mass is 16.7. The van der Waals surface area contributed by atoms with Gasteiger partial charge in [-0.25, -0.2) is 9.97 Å². The van der Waals surface area contributed by atoms with Crippen LogP contribution in [0.25, 0.3) is 0 Å². The van der Waals surface area contributed by atoms with Gasteiger partial charge < -0.3 is 14.2 Å². The number of rotatable bonds is 4. The van der Waals surface area contributed by atoms with Crippen LogP contribution in [0.4, 0.5) is 5.95 Å². The molecule has 0 radical (unpaired) electrons. The monoisotopic (exact) mass is 301 g/mol. The lowest BCUT2D eigenvalue weighted by Crippen LogP contribution is -2.21. The van der Waals surface area contributed by atoms with Gasteiger partial charge in [-0.2, -0.15) is 0 Å². The van der Waals surface area contributed by atoms with E-state index in [9.17, 15) is 4.79 Å². The molecule has 1 N–H and O–H groups in total. The number of aryl methyl sites for hydroxylation is 2. The van der Waals surface area contributed by atoms with E-state index < -0.39 is 0 Å². The molecule has 0 saturated heterocycles. The molecule has 1 aliphatic heterocycles. The molecule has 1 aromatic heterocycles. The molecule has 0 bridgehead atoms. The van der Waals surface area contributed by atoms with Gasteiger partial charge in [0.1, 0.15) is 5.75 Å². The first-order valence-corrected chi connectivity index (χ1v) is 6.75. The summed E-state index contributed by atoms with van der Waals surface area (Å²) < 4.78 is 15.9. The second-order valence-corrected chi connectivity index (χ2v) is 4.83. The third-order valence-corrected chi connectivity index (χ3v) is 2.95. The van der Waals surface area contributed by atoms with Gasteiger partial charge in [-0.1, -0.05) is 0 Å². The van der Waals surface area contributed by atoms with Crippen molar-refractivity contribution in [2.45, 2.75) is 13.8 Å². The second kappa shape index (κ2) is 5.88. The Bertz CT molecular complexity index is 698. The van der Waals surface area contributed by atoms with E-state index in [0.717, 1.165) is 11.4 Å². The van der Waals surface area contributed by atoms with Gasteiger partial charge in [0.2, 0.25) is 12.7 Å². The molecule has 1 aliphatic rings. The average Bonchev–Trinajstić information content (AvgIpc) is 2.91. The molecular formula is C15H15N3O4. The van der Waals surface area contributed by atoms with Gasteiger partial charge in [-0.15, -0.1) is 0 Å². The minimum absolute atomic E-state index is 0.143. The molecule has 2 heterocycles. The first-order valence-electron chi connectivity index (χ1n) is 6.75. The van der Waals surface area contributed by atoms with E-state index in [1.54, 1.807) is 18.2 Å². The predicted octanol–water partition coefficient (Wildman–Crippen LogP) is 1.84. The first-order chi connectivity index (χ1) is 10.6. The van der Waals surface area contributed by atoms with E-state index in [1.165, 1.54) is 0 Å². The van der Waals surface area contributed by atoms with Crippen LogP contribution in [-0.4, -0.2) is 29.3 Å². The zero-order chi connectivity index (χ0) is 15.5. The zero-order valence-corrected chi connectivity index (χ0v) is 12.3. The van der Waals surface area contributed by atoms with Gasteiger partial charge in [-0.05, 0) is 32.0 Å². The van der Waals surface area contributed by atoms with Crippen LogP contribution < -0.4 is 19.5 Å². The minimum Gasteiger partial charge on any atom is -0.484 e. The van der Waals surface area contributed by atoms with Gasteiger partial charge >= 0.3 is 0 Å². The highest BCUT2D eigenvalue weighted by Gasteiger charge is 2.14. The minimum atomic E-state index is -0.331. The lowest BCUT2D eigenvalue weighted by Gasteiger charge is -2.08. The summed E-state index contributed by atoms with van der Waals surface area (Å²) in [4.78, 5) is 20.2. The molecule has 1 amide bonds. The fraction of sp³-hybridized carbons (Fsp3) is 0.267. The van der Waals surface area contributed by atoms with E-state index in [0.29, 0.717) is 17.2 Å². The molecule has 114 valence electrons. The van der Waals surface area contributed by atoms with Gasteiger partial charge in [0.25, 0.3) is 5.91 Å². The van der Waals surface area contributed by atoms with E-state index >= 15 is 0 Å². The molecule has 7 heteroatoms. The fourth-order valence-corrected chi connectivity index (χ4v) is 2.06. The number of fused-ring (bicyclic) bond motifs is 1. The van der Waals surface area contributed by atoms with E-state index in [1.807, 2.05) is 19.9 Å². The summed E-state index contributed by atoms with van der Waals surface area (Å²) in [7, 11) is 0. The number of carbonyl (C=O) groups is 1. The summed E-state index contributed by atoms with van der Waals surface area (Å²) in [5.41, 5.74) is 1.58. The van der Waals surface area contributed by atoms with Gasteiger partial charge in [0.05, 0.1) is 0 Å². The second-order valence-electron chi connectivity index (χ2n) is 4.83. The maximum Gasteiger partial charge on any atom is 0.264 e. The van der Waals surface area contributed by atoms with E-state index in [4.69, 9.17) is 14.2 Å². The normalized spacial score (nSPS) is 12.1. The number of hydrogen-bond donors (Lipinski definition) is 1. The van der Waals surface area contributed by atoms with Gasteiger partial charge in [0, 0.05) is 17.5 Å². The van der Waals surface area contributed by atoms with Gasteiger partial charge in [-0.3, -0.25) is 10.1 Å². The molecule has 0 spiro atoms. The number of amides is 1. The SMILES string of the molecule is Cc1cc(C)nc(NC(=O)COc2ccc3c(c2)OCO3)n1. The van der Waals surface area contributed by atoms with Crippen LogP contribution in [0.5, 0.6) is 17.2 Å². The first kappa shape index (κ1) is 14.1. The highest BCUT2D eigenvalue weighted by molar-refractivity contribution is 5.90. The summed E-state index contributed by atoms with van der Waals surface area (Å²) in [5.74, 6) is 1.75. The number of anilines is 1. The molecule has 0 atom stereocenters. The smallest absolute Gasteiger partial charge is 0.264 e.